The second-order valence-electron chi connectivity index (χ2n) is 6.69. The van der Waals surface area contributed by atoms with Crippen molar-refractivity contribution in [2.45, 2.75) is 32.4 Å². The Bertz CT molecular complexity index is 953. The Morgan fingerprint density at radius 3 is 2.79 bits per heavy atom. The second-order valence-corrected chi connectivity index (χ2v) is 6.69. The third kappa shape index (κ3) is 3.86. The first-order valence-corrected chi connectivity index (χ1v) is 9.45. The van der Waals surface area contributed by atoms with Gasteiger partial charge in [0.05, 0.1) is 6.54 Å². The summed E-state index contributed by atoms with van der Waals surface area (Å²) < 4.78 is 12.9. The van der Waals surface area contributed by atoms with Crippen molar-refractivity contribution in [2.75, 3.05) is 6.79 Å². The van der Waals surface area contributed by atoms with Crippen LogP contribution in [-0.2, 0) is 17.9 Å². The summed E-state index contributed by atoms with van der Waals surface area (Å²) in [4.78, 5) is 17.0. The molecule has 0 aliphatic carbocycles. The molecule has 0 bridgehead atoms. The van der Waals surface area contributed by atoms with E-state index in [2.05, 4.69) is 17.2 Å². The van der Waals surface area contributed by atoms with E-state index in [1.165, 1.54) is 0 Å². The Labute approximate surface area is 164 Å². The largest absolute Gasteiger partial charge is 0.454 e. The van der Waals surface area contributed by atoms with Crippen molar-refractivity contribution in [1.29, 1.82) is 0 Å². The van der Waals surface area contributed by atoms with Gasteiger partial charge in [0.1, 0.15) is 5.82 Å². The monoisotopic (exact) mass is 377 g/mol. The Hall–Kier alpha value is -3.28. The van der Waals surface area contributed by atoms with E-state index in [1.54, 1.807) is 6.20 Å². The van der Waals surface area contributed by atoms with Crippen LogP contribution in [0.25, 0.3) is 0 Å². The maximum atomic E-state index is 12.7. The quantitative estimate of drug-likeness (QED) is 0.685. The lowest BCUT2D eigenvalue weighted by atomic mass is 9.88. The SMILES string of the molecule is CCn1ccnc1CNC(=O)CC(c1ccccc1)c1ccc2c(c1)OCO2. The number of carbonyl (C=O) groups is 1. The maximum Gasteiger partial charge on any atom is 0.231 e. The van der Waals surface area contributed by atoms with Crippen molar-refractivity contribution in [1.82, 2.24) is 14.9 Å². The van der Waals surface area contributed by atoms with Gasteiger partial charge in [-0.25, -0.2) is 4.98 Å². The lowest BCUT2D eigenvalue weighted by Crippen LogP contribution is -2.26. The molecule has 0 saturated heterocycles. The third-order valence-electron chi connectivity index (χ3n) is 4.98. The van der Waals surface area contributed by atoms with Gasteiger partial charge in [-0.3, -0.25) is 4.79 Å². The van der Waals surface area contributed by atoms with Crippen LogP contribution in [0.15, 0.2) is 60.9 Å². The molecule has 0 radical (unpaired) electrons. The molecule has 0 saturated carbocycles. The summed E-state index contributed by atoms with van der Waals surface area (Å²) in [7, 11) is 0. The highest BCUT2D eigenvalue weighted by Crippen LogP contribution is 2.37. The number of fused-ring (bicyclic) bond motifs is 1. The smallest absolute Gasteiger partial charge is 0.231 e. The minimum atomic E-state index is -0.0679. The van der Waals surface area contributed by atoms with Crippen LogP contribution in [0.3, 0.4) is 0 Å². The van der Waals surface area contributed by atoms with Crippen LogP contribution in [0.1, 0.15) is 36.2 Å². The number of amides is 1. The fourth-order valence-electron chi connectivity index (χ4n) is 3.47. The lowest BCUT2D eigenvalue weighted by Gasteiger charge is -2.18. The van der Waals surface area contributed by atoms with Crippen molar-refractivity contribution in [3.8, 4) is 11.5 Å². The van der Waals surface area contributed by atoms with E-state index < -0.39 is 0 Å². The van der Waals surface area contributed by atoms with Gasteiger partial charge < -0.3 is 19.4 Å². The molecule has 1 aliphatic rings. The maximum absolute atomic E-state index is 12.7. The van der Waals surface area contributed by atoms with E-state index in [-0.39, 0.29) is 18.6 Å². The first-order valence-electron chi connectivity index (χ1n) is 9.45. The summed E-state index contributed by atoms with van der Waals surface area (Å²) in [6.45, 7) is 3.54. The number of hydrogen-bond donors (Lipinski definition) is 1. The predicted octanol–water partition coefficient (Wildman–Crippen LogP) is 3.47. The summed E-state index contributed by atoms with van der Waals surface area (Å²) >= 11 is 0. The Kier molecular flexibility index (Phi) is 5.28. The van der Waals surface area contributed by atoms with E-state index >= 15 is 0 Å². The van der Waals surface area contributed by atoms with Gasteiger partial charge in [-0.1, -0.05) is 36.4 Å². The average Bonchev–Trinajstić information content (AvgIpc) is 3.39. The van der Waals surface area contributed by atoms with Crippen molar-refractivity contribution in [3.05, 3.63) is 77.9 Å². The highest BCUT2D eigenvalue weighted by molar-refractivity contribution is 5.77. The molecule has 1 aliphatic heterocycles. The van der Waals surface area contributed by atoms with Crippen molar-refractivity contribution < 1.29 is 14.3 Å². The number of hydrogen-bond acceptors (Lipinski definition) is 4. The Morgan fingerprint density at radius 1 is 1.14 bits per heavy atom. The number of rotatable bonds is 7. The van der Waals surface area contributed by atoms with Crippen LogP contribution >= 0.6 is 0 Å². The molecular weight excluding hydrogens is 354 g/mol. The number of nitrogens with zero attached hydrogens (tertiary/aromatic N) is 2. The molecule has 2 aromatic carbocycles. The van der Waals surface area contributed by atoms with Crippen molar-refractivity contribution >= 4 is 5.91 Å². The molecule has 3 aromatic rings. The molecule has 4 rings (SSSR count). The fourth-order valence-corrected chi connectivity index (χ4v) is 3.47. The van der Waals surface area contributed by atoms with Crippen LogP contribution in [-0.4, -0.2) is 22.3 Å². The number of nitrogens with one attached hydrogen (secondary N) is 1. The minimum Gasteiger partial charge on any atom is -0.454 e. The predicted molar refractivity (Wildman–Crippen MR) is 105 cm³/mol. The van der Waals surface area contributed by atoms with Crippen LogP contribution in [0, 0.1) is 0 Å². The van der Waals surface area contributed by atoms with Gasteiger partial charge in [-0.15, -0.1) is 0 Å². The average molecular weight is 377 g/mol. The van der Waals surface area contributed by atoms with Gasteiger partial charge in [0, 0.05) is 31.3 Å². The summed E-state index contributed by atoms with van der Waals surface area (Å²) in [5.41, 5.74) is 2.12. The van der Waals surface area contributed by atoms with Crippen molar-refractivity contribution in [3.63, 3.8) is 0 Å². The molecule has 1 amide bonds. The van der Waals surface area contributed by atoms with Crippen LogP contribution < -0.4 is 14.8 Å². The zero-order chi connectivity index (χ0) is 19.3. The normalized spacial score (nSPS) is 13.3. The highest BCUT2D eigenvalue weighted by Gasteiger charge is 2.22. The first-order chi connectivity index (χ1) is 13.7. The molecule has 1 unspecified atom stereocenters. The number of aromatic nitrogens is 2. The van der Waals surface area contributed by atoms with Gasteiger partial charge in [0.15, 0.2) is 11.5 Å². The fraction of sp³-hybridized carbons (Fsp3) is 0.273. The number of imidazole rings is 1. The number of aryl methyl sites for hydroxylation is 1. The van der Waals surface area contributed by atoms with Gasteiger partial charge in [-0.2, -0.15) is 0 Å². The minimum absolute atomic E-state index is 0.0165. The number of benzene rings is 2. The molecule has 2 heterocycles. The summed E-state index contributed by atoms with van der Waals surface area (Å²) in [6, 6.07) is 15.9. The molecule has 6 heteroatoms. The summed E-state index contributed by atoms with van der Waals surface area (Å²) in [5, 5.41) is 3.00. The van der Waals surface area contributed by atoms with E-state index in [4.69, 9.17) is 9.47 Å². The third-order valence-corrected chi connectivity index (χ3v) is 4.98. The van der Waals surface area contributed by atoms with Gasteiger partial charge >= 0.3 is 0 Å². The first kappa shape index (κ1) is 18.1. The number of ether oxygens (including phenoxy) is 2. The second kappa shape index (κ2) is 8.17. The summed E-state index contributed by atoms with van der Waals surface area (Å²) in [5.74, 6) is 2.24. The molecule has 0 spiro atoms. The number of carbonyl (C=O) groups excluding carboxylic acids is 1. The standard InChI is InChI=1S/C22H23N3O3/c1-2-25-11-10-23-21(25)14-24-22(26)13-18(16-6-4-3-5-7-16)17-8-9-19-20(12-17)28-15-27-19/h3-12,18H,2,13-15H2,1H3,(H,24,26). The van der Waals surface area contributed by atoms with E-state index in [0.717, 1.165) is 35.0 Å². The summed E-state index contributed by atoms with van der Waals surface area (Å²) in [6.07, 6.45) is 4.02. The van der Waals surface area contributed by atoms with E-state index in [1.807, 2.05) is 59.3 Å². The highest BCUT2D eigenvalue weighted by atomic mass is 16.7. The molecule has 144 valence electrons. The topological polar surface area (TPSA) is 65.4 Å². The molecule has 6 nitrogen and oxygen atoms in total. The van der Waals surface area contributed by atoms with Crippen LogP contribution in [0.4, 0.5) is 0 Å². The Balaban J connectivity index is 1.52. The van der Waals surface area contributed by atoms with E-state index in [0.29, 0.717) is 13.0 Å². The molecule has 0 fully saturated rings. The van der Waals surface area contributed by atoms with Gasteiger partial charge in [0.2, 0.25) is 12.7 Å². The molecule has 1 aromatic heterocycles. The van der Waals surface area contributed by atoms with Crippen molar-refractivity contribution in [2.24, 2.45) is 0 Å². The molecule has 1 atom stereocenters. The molecule has 1 N–H and O–H groups in total. The Morgan fingerprint density at radius 2 is 1.96 bits per heavy atom. The lowest BCUT2D eigenvalue weighted by molar-refractivity contribution is -0.121. The van der Waals surface area contributed by atoms with E-state index in [9.17, 15) is 4.79 Å². The van der Waals surface area contributed by atoms with Gasteiger partial charge in [0.25, 0.3) is 0 Å². The zero-order valence-electron chi connectivity index (χ0n) is 15.8. The zero-order valence-corrected chi connectivity index (χ0v) is 15.8. The van der Waals surface area contributed by atoms with Gasteiger partial charge in [-0.05, 0) is 30.2 Å². The van der Waals surface area contributed by atoms with Crippen LogP contribution in [0.2, 0.25) is 0 Å². The molecule has 28 heavy (non-hydrogen) atoms. The van der Waals surface area contributed by atoms with Crippen LogP contribution in [0.5, 0.6) is 11.5 Å². The molecular formula is C22H23N3O3.